The first kappa shape index (κ1) is 16.2. The van der Waals surface area contributed by atoms with Crippen LogP contribution in [0, 0.1) is 0 Å². The van der Waals surface area contributed by atoms with Gasteiger partial charge in [0.1, 0.15) is 0 Å². The zero-order valence-electron chi connectivity index (χ0n) is 13.8. The van der Waals surface area contributed by atoms with Crippen LogP contribution in [0.25, 0.3) is 0 Å². The molecule has 0 spiro atoms. The first-order chi connectivity index (χ1) is 10.2. The molecule has 1 N–H and O–H groups in total. The van der Waals surface area contributed by atoms with Gasteiger partial charge in [0.05, 0.1) is 5.69 Å². The minimum atomic E-state index is 0.704. The van der Waals surface area contributed by atoms with Crippen LogP contribution < -0.4 is 10.2 Å². The molecule has 0 saturated carbocycles. The fourth-order valence-corrected chi connectivity index (χ4v) is 3.13. The summed E-state index contributed by atoms with van der Waals surface area (Å²) in [6.45, 7) is 9.90. The van der Waals surface area contributed by atoms with Crippen molar-refractivity contribution in [3.63, 3.8) is 0 Å². The molecule has 1 unspecified atom stereocenters. The second-order valence-electron chi connectivity index (χ2n) is 5.99. The molecule has 0 aromatic carbocycles. The van der Waals surface area contributed by atoms with Gasteiger partial charge in [-0.25, -0.2) is 0 Å². The van der Waals surface area contributed by atoms with Crippen LogP contribution in [0.4, 0.5) is 5.69 Å². The number of aromatic nitrogens is 1. The molecule has 118 valence electrons. The Labute approximate surface area is 129 Å². The highest BCUT2D eigenvalue weighted by molar-refractivity contribution is 5.45. The van der Waals surface area contributed by atoms with Gasteiger partial charge >= 0.3 is 0 Å². The molecule has 0 radical (unpaired) electrons. The third kappa shape index (κ3) is 4.68. The van der Waals surface area contributed by atoms with Crippen molar-refractivity contribution in [2.24, 2.45) is 0 Å². The molecule has 1 aliphatic heterocycles. The van der Waals surface area contributed by atoms with Gasteiger partial charge in [-0.05, 0) is 51.0 Å². The Morgan fingerprint density at radius 1 is 1.43 bits per heavy atom. The third-order valence-electron chi connectivity index (χ3n) is 4.36. The van der Waals surface area contributed by atoms with Gasteiger partial charge in [0, 0.05) is 38.1 Å². The molecule has 4 heteroatoms. The SMILES string of the molecule is CCCNCc1cc(N(C)CC2CCCN2CC)ccn1. The molecular weight excluding hydrogens is 260 g/mol. The summed E-state index contributed by atoms with van der Waals surface area (Å²) in [4.78, 5) is 9.43. The highest BCUT2D eigenvalue weighted by Crippen LogP contribution is 2.20. The van der Waals surface area contributed by atoms with Gasteiger partial charge in [-0.3, -0.25) is 9.88 Å². The smallest absolute Gasteiger partial charge is 0.0562 e. The lowest BCUT2D eigenvalue weighted by atomic mass is 10.2. The minimum absolute atomic E-state index is 0.704. The van der Waals surface area contributed by atoms with Gasteiger partial charge in [-0.1, -0.05) is 13.8 Å². The number of hydrogen-bond acceptors (Lipinski definition) is 4. The predicted octanol–water partition coefficient (Wildman–Crippen LogP) is 2.50. The molecule has 0 aliphatic carbocycles. The van der Waals surface area contributed by atoms with E-state index in [0.717, 1.165) is 31.7 Å². The largest absolute Gasteiger partial charge is 0.373 e. The number of likely N-dealkylation sites (tertiary alicyclic amines) is 1. The molecule has 2 rings (SSSR count). The van der Waals surface area contributed by atoms with E-state index >= 15 is 0 Å². The van der Waals surface area contributed by atoms with Crippen molar-refractivity contribution < 1.29 is 0 Å². The van der Waals surface area contributed by atoms with Crippen LogP contribution in [-0.4, -0.2) is 49.2 Å². The number of anilines is 1. The van der Waals surface area contributed by atoms with E-state index in [4.69, 9.17) is 0 Å². The molecule has 1 aliphatic rings. The highest BCUT2D eigenvalue weighted by Gasteiger charge is 2.24. The number of nitrogens with zero attached hydrogens (tertiary/aromatic N) is 3. The Balaban J connectivity index is 1.92. The van der Waals surface area contributed by atoms with Crippen LogP contribution in [0.1, 0.15) is 38.8 Å². The standard InChI is InChI=1S/C17H30N4/c1-4-9-18-13-15-12-16(8-10-19-15)20(3)14-17-7-6-11-21(17)5-2/h8,10,12,17-18H,4-7,9,11,13-14H2,1-3H3. The molecular formula is C17H30N4. The molecule has 1 fully saturated rings. The monoisotopic (exact) mass is 290 g/mol. The molecule has 1 saturated heterocycles. The Bertz CT molecular complexity index is 421. The maximum atomic E-state index is 4.46. The van der Waals surface area contributed by atoms with E-state index in [2.05, 4.69) is 53.1 Å². The Morgan fingerprint density at radius 2 is 2.29 bits per heavy atom. The normalized spacial score (nSPS) is 19.1. The summed E-state index contributed by atoms with van der Waals surface area (Å²) in [5.41, 5.74) is 2.41. The van der Waals surface area contributed by atoms with Gasteiger partial charge in [-0.15, -0.1) is 0 Å². The van der Waals surface area contributed by atoms with Crippen molar-refractivity contribution in [3.05, 3.63) is 24.0 Å². The molecule has 4 nitrogen and oxygen atoms in total. The Kier molecular flexibility index (Phi) is 6.46. The predicted molar refractivity (Wildman–Crippen MR) is 89.8 cm³/mol. The van der Waals surface area contributed by atoms with E-state index in [0.29, 0.717) is 6.04 Å². The first-order valence-corrected chi connectivity index (χ1v) is 8.35. The van der Waals surface area contributed by atoms with Crippen LogP contribution in [0.2, 0.25) is 0 Å². The lowest BCUT2D eigenvalue weighted by Crippen LogP contribution is -2.38. The number of hydrogen-bond donors (Lipinski definition) is 1. The molecule has 21 heavy (non-hydrogen) atoms. The van der Waals surface area contributed by atoms with Gasteiger partial charge in [0.2, 0.25) is 0 Å². The van der Waals surface area contributed by atoms with E-state index in [1.54, 1.807) is 0 Å². The van der Waals surface area contributed by atoms with Crippen LogP contribution in [0.5, 0.6) is 0 Å². The average molecular weight is 290 g/mol. The highest BCUT2D eigenvalue weighted by atomic mass is 15.2. The summed E-state index contributed by atoms with van der Waals surface area (Å²) in [5, 5.41) is 3.42. The molecule has 1 aromatic heterocycles. The fourth-order valence-electron chi connectivity index (χ4n) is 3.13. The van der Waals surface area contributed by atoms with Crippen LogP contribution >= 0.6 is 0 Å². The van der Waals surface area contributed by atoms with Gasteiger partial charge < -0.3 is 10.2 Å². The number of rotatable bonds is 8. The molecule has 1 aromatic rings. The summed E-state index contributed by atoms with van der Waals surface area (Å²) in [7, 11) is 2.20. The topological polar surface area (TPSA) is 31.4 Å². The van der Waals surface area contributed by atoms with Crippen molar-refractivity contribution in [1.82, 2.24) is 15.2 Å². The minimum Gasteiger partial charge on any atom is -0.373 e. The summed E-state index contributed by atoms with van der Waals surface area (Å²) in [5.74, 6) is 0. The first-order valence-electron chi connectivity index (χ1n) is 8.35. The lowest BCUT2D eigenvalue weighted by Gasteiger charge is -2.29. The van der Waals surface area contributed by atoms with E-state index in [9.17, 15) is 0 Å². The summed E-state index contributed by atoms with van der Waals surface area (Å²) >= 11 is 0. The number of likely N-dealkylation sites (N-methyl/N-ethyl adjacent to an activating group) is 2. The van der Waals surface area contributed by atoms with Gasteiger partial charge in [0.25, 0.3) is 0 Å². The number of nitrogens with one attached hydrogen (secondary N) is 1. The van der Waals surface area contributed by atoms with E-state index in [1.165, 1.54) is 31.6 Å². The van der Waals surface area contributed by atoms with Crippen molar-refractivity contribution in [1.29, 1.82) is 0 Å². The third-order valence-corrected chi connectivity index (χ3v) is 4.36. The molecule has 1 atom stereocenters. The number of pyridine rings is 1. The van der Waals surface area contributed by atoms with Crippen molar-refractivity contribution in [3.8, 4) is 0 Å². The van der Waals surface area contributed by atoms with Crippen molar-refractivity contribution in [2.75, 3.05) is 38.1 Å². The van der Waals surface area contributed by atoms with Crippen LogP contribution in [-0.2, 0) is 6.54 Å². The maximum Gasteiger partial charge on any atom is 0.0562 e. The van der Waals surface area contributed by atoms with Crippen molar-refractivity contribution >= 4 is 5.69 Å². The van der Waals surface area contributed by atoms with Gasteiger partial charge in [0.15, 0.2) is 0 Å². The zero-order chi connectivity index (χ0) is 15.1. The van der Waals surface area contributed by atoms with Crippen LogP contribution in [0.3, 0.4) is 0 Å². The van der Waals surface area contributed by atoms with Crippen LogP contribution in [0.15, 0.2) is 18.3 Å². The van der Waals surface area contributed by atoms with Crippen molar-refractivity contribution in [2.45, 2.75) is 45.7 Å². The Morgan fingerprint density at radius 3 is 3.05 bits per heavy atom. The van der Waals surface area contributed by atoms with E-state index in [1.807, 2.05) is 6.20 Å². The maximum absolute atomic E-state index is 4.46. The molecule has 0 bridgehead atoms. The summed E-state index contributed by atoms with van der Waals surface area (Å²) in [6.07, 6.45) is 5.76. The van der Waals surface area contributed by atoms with E-state index in [-0.39, 0.29) is 0 Å². The summed E-state index contributed by atoms with van der Waals surface area (Å²) in [6, 6.07) is 5.04. The summed E-state index contributed by atoms with van der Waals surface area (Å²) < 4.78 is 0. The molecule has 2 heterocycles. The fraction of sp³-hybridized carbons (Fsp3) is 0.706. The second-order valence-corrected chi connectivity index (χ2v) is 5.99. The lowest BCUT2D eigenvalue weighted by molar-refractivity contribution is 0.270. The average Bonchev–Trinajstić information content (AvgIpc) is 2.95. The zero-order valence-corrected chi connectivity index (χ0v) is 13.8. The second kappa shape index (κ2) is 8.35. The Hall–Kier alpha value is -1.13. The van der Waals surface area contributed by atoms with E-state index < -0.39 is 0 Å². The molecule has 0 amide bonds. The quantitative estimate of drug-likeness (QED) is 0.746. The van der Waals surface area contributed by atoms with Gasteiger partial charge in [-0.2, -0.15) is 0 Å².